The maximum Gasteiger partial charge on any atom is 0.234 e. The van der Waals surface area contributed by atoms with Gasteiger partial charge in [-0.2, -0.15) is 11.8 Å². The van der Waals surface area contributed by atoms with Gasteiger partial charge in [-0.05, 0) is 36.9 Å². The van der Waals surface area contributed by atoms with Crippen molar-refractivity contribution < 1.29 is 9.53 Å². The highest BCUT2D eigenvalue weighted by molar-refractivity contribution is 7.99. The summed E-state index contributed by atoms with van der Waals surface area (Å²) in [7, 11) is 1.55. The number of benzene rings is 1. The predicted octanol–water partition coefficient (Wildman–Crippen LogP) is 2.37. The number of carbonyl (C=O) groups excluding carboxylic acids is 1. The number of methoxy groups -OCH3 is 1. The number of nitrogens with two attached hydrogens (primary N) is 1. The summed E-state index contributed by atoms with van der Waals surface area (Å²) < 4.78 is 5.04. The Morgan fingerprint density at radius 2 is 2.33 bits per heavy atom. The summed E-state index contributed by atoms with van der Waals surface area (Å²) in [5.74, 6) is 1.86. The molecule has 0 fully saturated rings. The van der Waals surface area contributed by atoms with Crippen LogP contribution in [0.3, 0.4) is 0 Å². The van der Waals surface area contributed by atoms with Crippen molar-refractivity contribution in [3.05, 3.63) is 23.2 Å². The molecule has 0 saturated heterocycles. The molecule has 0 saturated carbocycles. The molecule has 1 aromatic rings. The van der Waals surface area contributed by atoms with E-state index in [4.69, 9.17) is 22.1 Å². The number of hydrogen-bond acceptors (Lipinski definition) is 4. The van der Waals surface area contributed by atoms with E-state index in [1.54, 1.807) is 37.1 Å². The molecule has 0 aliphatic rings. The maximum atomic E-state index is 11.6. The zero-order valence-electron chi connectivity index (χ0n) is 10.2. The van der Waals surface area contributed by atoms with Crippen LogP contribution in [0.5, 0.6) is 5.75 Å². The molecule has 0 heterocycles. The first-order chi connectivity index (χ1) is 8.67. The molecule has 0 unspecified atom stereocenters. The molecule has 1 rings (SSSR count). The largest absolute Gasteiger partial charge is 0.495 e. The number of halogens is 1. The van der Waals surface area contributed by atoms with Gasteiger partial charge in [-0.3, -0.25) is 4.79 Å². The van der Waals surface area contributed by atoms with Gasteiger partial charge in [0.2, 0.25) is 5.91 Å². The first kappa shape index (κ1) is 15.1. The van der Waals surface area contributed by atoms with E-state index in [9.17, 15) is 4.79 Å². The Hall–Kier alpha value is -0.910. The molecule has 0 radical (unpaired) electrons. The van der Waals surface area contributed by atoms with Crippen LogP contribution in [-0.4, -0.2) is 31.1 Å². The Balaban J connectivity index is 2.42. The van der Waals surface area contributed by atoms with Gasteiger partial charge in [0.15, 0.2) is 0 Å². The molecule has 1 aromatic carbocycles. The minimum Gasteiger partial charge on any atom is -0.495 e. The second-order valence-electron chi connectivity index (χ2n) is 3.59. The predicted molar refractivity (Wildman–Crippen MR) is 77.6 cm³/mol. The number of hydrogen-bond donors (Lipinski definition) is 2. The summed E-state index contributed by atoms with van der Waals surface area (Å²) in [6.07, 6.45) is 0.923. The van der Waals surface area contributed by atoms with Crippen molar-refractivity contribution in [1.29, 1.82) is 0 Å². The van der Waals surface area contributed by atoms with E-state index in [1.807, 2.05) is 0 Å². The van der Waals surface area contributed by atoms with Gasteiger partial charge in [0, 0.05) is 5.69 Å². The van der Waals surface area contributed by atoms with E-state index in [2.05, 4.69) is 5.32 Å². The quantitative estimate of drug-likeness (QED) is 0.756. The van der Waals surface area contributed by atoms with Crippen LogP contribution in [0.15, 0.2) is 18.2 Å². The summed E-state index contributed by atoms with van der Waals surface area (Å²) in [6.45, 7) is 0.655. The normalized spacial score (nSPS) is 10.2. The fourth-order valence-corrected chi connectivity index (χ4v) is 2.32. The molecular formula is C12H17ClN2O2S. The van der Waals surface area contributed by atoms with Gasteiger partial charge in [0.05, 0.1) is 17.9 Å². The topological polar surface area (TPSA) is 64.3 Å². The monoisotopic (exact) mass is 288 g/mol. The zero-order chi connectivity index (χ0) is 13.4. The molecule has 100 valence electrons. The lowest BCUT2D eigenvalue weighted by Gasteiger charge is -2.07. The van der Waals surface area contributed by atoms with Crippen molar-refractivity contribution in [2.45, 2.75) is 6.42 Å². The number of amides is 1. The lowest BCUT2D eigenvalue weighted by Crippen LogP contribution is -2.14. The summed E-state index contributed by atoms with van der Waals surface area (Å²) in [5.41, 5.74) is 6.04. The van der Waals surface area contributed by atoms with Crippen molar-refractivity contribution in [2.24, 2.45) is 5.73 Å². The summed E-state index contributed by atoms with van der Waals surface area (Å²) >= 11 is 7.53. The fourth-order valence-electron chi connectivity index (χ4n) is 1.29. The standard InChI is InChI=1S/C12H17ClN2O2S/c1-17-11-4-3-9(7-10(11)13)15-12(16)8-18-6-2-5-14/h3-4,7H,2,5-6,8,14H2,1H3,(H,15,16). The number of carbonyl (C=O) groups is 1. The Kier molecular flexibility index (Phi) is 6.93. The van der Waals surface area contributed by atoms with Crippen LogP contribution in [0.25, 0.3) is 0 Å². The van der Waals surface area contributed by atoms with Gasteiger partial charge in [0.25, 0.3) is 0 Å². The highest BCUT2D eigenvalue weighted by Crippen LogP contribution is 2.27. The number of anilines is 1. The molecule has 0 spiro atoms. The van der Waals surface area contributed by atoms with Crippen LogP contribution in [0.1, 0.15) is 6.42 Å². The fraction of sp³-hybridized carbons (Fsp3) is 0.417. The van der Waals surface area contributed by atoms with Crippen molar-refractivity contribution in [1.82, 2.24) is 0 Å². The number of ether oxygens (including phenoxy) is 1. The lowest BCUT2D eigenvalue weighted by molar-refractivity contribution is -0.113. The average molecular weight is 289 g/mol. The smallest absolute Gasteiger partial charge is 0.234 e. The molecule has 4 nitrogen and oxygen atoms in total. The van der Waals surface area contributed by atoms with Crippen molar-refractivity contribution in [3.63, 3.8) is 0 Å². The van der Waals surface area contributed by atoms with Gasteiger partial charge in [0.1, 0.15) is 5.75 Å². The van der Waals surface area contributed by atoms with Gasteiger partial charge >= 0.3 is 0 Å². The maximum absolute atomic E-state index is 11.6. The first-order valence-electron chi connectivity index (χ1n) is 5.58. The number of nitrogens with one attached hydrogen (secondary N) is 1. The van der Waals surface area contributed by atoms with E-state index in [-0.39, 0.29) is 5.91 Å². The zero-order valence-corrected chi connectivity index (χ0v) is 11.8. The van der Waals surface area contributed by atoms with Crippen LogP contribution in [0, 0.1) is 0 Å². The Morgan fingerprint density at radius 1 is 1.56 bits per heavy atom. The molecule has 0 atom stereocenters. The van der Waals surface area contributed by atoms with Crippen LogP contribution in [-0.2, 0) is 4.79 Å². The van der Waals surface area contributed by atoms with Gasteiger partial charge in [-0.25, -0.2) is 0 Å². The first-order valence-corrected chi connectivity index (χ1v) is 7.12. The lowest BCUT2D eigenvalue weighted by atomic mass is 10.3. The van der Waals surface area contributed by atoms with E-state index in [1.165, 1.54) is 0 Å². The van der Waals surface area contributed by atoms with E-state index in [0.29, 0.717) is 28.8 Å². The van der Waals surface area contributed by atoms with E-state index < -0.39 is 0 Å². The van der Waals surface area contributed by atoms with Crippen LogP contribution >= 0.6 is 23.4 Å². The van der Waals surface area contributed by atoms with E-state index >= 15 is 0 Å². The minimum absolute atomic E-state index is 0.0433. The molecule has 18 heavy (non-hydrogen) atoms. The summed E-state index contributed by atoms with van der Waals surface area (Å²) in [5, 5.41) is 3.26. The van der Waals surface area contributed by atoms with Gasteiger partial charge in [-0.15, -0.1) is 0 Å². The van der Waals surface area contributed by atoms with E-state index in [0.717, 1.165) is 12.2 Å². The molecule has 1 amide bonds. The molecule has 0 aliphatic heterocycles. The van der Waals surface area contributed by atoms with Gasteiger partial charge in [-0.1, -0.05) is 11.6 Å². The van der Waals surface area contributed by atoms with Crippen molar-refractivity contribution >= 4 is 35.0 Å². The van der Waals surface area contributed by atoms with Crippen molar-refractivity contribution in [3.8, 4) is 5.75 Å². The molecule has 0 aromatic heterocycles. The molecule has 6 heteroatoms. The highest BCUT2D eigenvalue weighted by atomic mass is 35.5. The minimum atomic E-state index is -0.0433. The molecule has 0 bridgehead atoms. The third-order valence-electron chi connectivity index (χ3n) is 2.16. The molecular weight excluding hydrogens is 272 g/mol. The Bertz CT molecular complexity index is 402. The highest BCUT2D eigenvalue weighted by Gasteiger charge is 2.05. The number of rotatable bonds is 7. The van der Waals surface area contributed by atoms with Crippen LogP contribution < -0.4 is 15.8 Å². The second kappa shape index (κ2) is 8.24. The summed E-state index contributed by atoms with van der Waals surface area (Å²) in [4.78, 5) is 11.6. The van der Waals surface area contributed by atoms with Gasteiger partial charge < -0.3 is 15.8 Å². The Labute approximate surface area is 116 Å². The number of thioether (sulfide) groups is 1. The third kappa shape index (κ3) is 5.16. The van der Waals surface area contributed by atoms with Crippen LogP contribution in [0.2, 0.25) is 5.02 Å². The third-order valence-corrected chi connectivity index (χ3v) is 3.50. The second-order valence-corrected chi connectivity index (χ2v) is 5.10. The SMILES string of the molecule is COc1ccc(NC(=O)CSCCCN)cc1Cl. The van der Waals surface area contributed by atoms with Crippen LogP contribution in [0.4, 0.5) is 5.69 Å². The average Bonchev–Trinajstić information content (AvgIpc) is 2.35. The molecule has 0 aliphatic carbocycles. The summed E-state index contributed by atoms with van der Waals surface area (Å²) in [6, 6.07) is 5.15. The van der Waals surface area contributed by atoms with Crippen molar-refractivity contribution in [2.75, 3.05) is 30.5 Å². The Morgan fingerprint density at radius 3 is 2.94 bits per heavy atom. The molecule has 3 N–H and O–H groups in total.